The Kier molecular flexibility index (Phi) is 6.10. The molecule has 0 aliphatic heterocycles. The zero-order chi connectivity index (χ0) is 15.2. The molecule has 112 valence electrons. The van der Waals surface area contributed by atoms with Gasteiger partial charge in [-0.3, -0.25) is 0 Å². The normalized spacial score (nSPS) is 12.4. The number of aryl methyl sites for hydroxylation is 1. The number of hydrogen-bond donors (Lipinski definition) is 1. The van der Waals surface area contributed by atoms with Gasteiger partial charge in [-0.1, -0.05) is 60.5 Å². The fourth-order valence-electron chi connectivity index (χ4n) is 2.49. The first-order valence-corrected chi connectivity index (χ1v) is 8.10. The number of rotatable bonds is 6. The van der Waals surface area contributed by atoms with Crippen molar-refractivity contribution in [1.29, 1.82) is 0 Å². The molecule has 2 rings (SSSR count). The van der Waals surface area contributed by atoms with Crippen molar-refractivity contribution in [2.45, 2.75) is 32.7 Å². The quantitative estimate of drug-likeness (QED) is 0.731. The molecule has 0 bridgehead atoms. The molecule has 0 saturated heterocycles. The average molecular weight is 322 g/mol. The number of benzene rings is 2. The van der Waals surface area contributed by atoms with E-state index in [2.05, 4.69) is 43.4 Å². The van der Waals surface area contributed by atoms with E-state index in [1.807, 2.05) is 18.2 Å². The Balaban J connectivity index is 2.24. The largest absolute Gasteiger partial charge is 0.310 e. The van der Waals surface area contributed by atoms with Crippen LogP contribution < -0.4 is 5.32 Å². The summed E-state index contributed by atoms with van der Waals surface area (Å²) in [7, 11) is 0. The highest BCUT2D eigenvalue weighted by molar-refractivity contribution is 6.42. The van der Waals surface area contributed by atoms with E-state index in [-0.39, 0.29) is 0 Å². The number of hydrogen-bond acceptors (Lipinski definition) is 1. The molecule has 1 atom stereocenters. The van der Waals surface area contributed by atoms with Gasteiger partial charge in [0.15, 0.2) is 0 Å². The van der Waals surface area contributed by atoms with Gasteiger partial charge >= 0.3 is 0 Å². The Labute approximate surface area is 137 Å². The zero-order valence-corrected chi connectivity index (χ0v) is 14.0. The Morgan fingerprint density at radius 3 is 2.48 bits per heavy atom. The summed E-state index contributed by atoms with van der Waals surface area (Å²) >= 11 is 12.1. The van der Waals surface area contributed by atoms with E-state index in [9.17, 15) is 0 Å². The van der Waals surface area contributed by atoms with Crippen molar-refractivity contribution in [2.75, 3.05) is 6.54 Å². The monoisotopic (exact) mass is 321 g/mol. The van der Waals surface area contributed by atoms with Gasteiger partial charge < -0.3 is 5.32 Å². The molecule has 21 heavy (non-hydrogen) atoms. The number of nitrogens with one attached hydrogen (secondary N) is 1. The summed E-state index contributed by atoms with van der Waals surface area (Å²) in [6.45, 7) is 5.34. The van der Waals surface area contributed by atoms with Gasteiger partial charge in [-0.15, -0.1) is 0 Å². The lowest BCUT2D eigenvalue weighted by atomic mass is 9.95. The first-order valence-electron chi connectivity index (χ1n) is 7.34. The Morgan fingerprint density at radius 2 is 1.81 bits per heavy atom. The van der Waals surface area contributed by atoms with Gasteiger partial charge in [0.05, 0.1) is 10.0 Å². The maximum Gasteiger partial charge on any atom is 0.0595 e. The molecule has 0 amide bonds. The Morgan fingerprint density at radius 1 is 1.05 bits per heavy atom. The second kappa shape index (κ2) is 7.84. The summed E-state index contributed by atoms with van der Waals surface area (Å²) in [5.74, 6) is 0. The van der Waals surface area contributed by atoms with Crippen LogP contribution in [0.15, 0.2) is 42.5 Å². The van der Waals surface area contributed by atoms with E-state index in [0.717, 1.165) is 19.4 Å². The SMILES string of the molecule is CCCNC(Cc1ccc(Cl)c(Cl)c1)c1ccccc1C. The third-order valence-electron chi connectivity index (χ3n) is 3.63. The van der Waals surface area contributed by atoms with Crippen molar-refractivity contribution in [2.24, 2.45) is 0 Å². The van der Waals surface area contributed by atoms with Gasteiger partial charge in [-0.25, -0.2) is 0 Å². The van der Waals surface area contributed by atoms with Crippen LogP contribution in [0.25, 0.3) is 0 Å². The Bertz CT molecular complexity index is 596. The van der Waals surface area contributed by atoms with E-state index in [1.165, 1.54) is 16.7 Å². The van der Waals surface area contributed by atoms with Crippen molar-refractivity contribution >= 4 is 23.2 Å². The Hall–Kier alpha value is -1.02. The lowest BCUT2D eigenvalue weighted by Crippen LogP contribution is -2.24. The summed E-state index contributed by atoms with van der Waals surface area (Å²) in [4.78, 5) is 0. The van der Waals surface area contributed by atoms with Crippen LogP contribution >= 0.6 is 23.2 Å². The van der Waals surface area contributed by atoms with Gasteiger partial charge in [-0.05, 0) is 55.1 Å². The molecule has 0 saturated carbocycles. The van der Waals surface area contributed by atoms with Crippen molar-refractivity contribution in [3.63, 3.8) is 0 Å². The second-order valence-electron chi connectivity index (χ2n) is 5.32. The zero-order valence-electron chi connectivity index (χ0n) is 12.5. The van der Waals surface area contributed by atoms with Crippen molar-refractivity contribution < 1.29 is 0 Å². The molecule has 3 heteroatoms. The van der Waals surface area contributed by atoms with Gasteiger partial charge in [-0.2, -0.15) is 0 Å². The van der Waals surface area contributed by atoms with E-state index in [4.69, 9.17) is 23.2 Å². The number of halogens is 2. The molecular formula is C18H21Cl2N. The minimum Gasteiger partial charge on any atom is -0.310 e. The fourth-order valence-corrected chi connectivity index (χ4v) is 2.81. The summed E-state index contributed by atoms with van der Waals surface area (Å²) in [6.07, 6.45) is 2.02. The van der Waals surface area contributed by atoms with Crippen molar-refractivity contribution in [3.8, 4) is 0 Å². The topological polar surface area (TPSA) is 12.0 Å². The molecule has 1 N–H and O–H groups in total. The van der Waals surface area contributed by atoms with Crippen LogP contribution in [0.5, 0.6) is 0 Å². The summed E-state index contributed by atoms with van der Waals surface area (Å²) in [6, 6.07) is 14.7. The standard InChI is InChI=1S/C18H21Cl2N/c1-3-10-21-18(15-7-5-4-6-13(15)2)12-14-8-9-16(19)17(20)11-14/h4-9,11,18,21H,3,10,12H2,1-2H3. The van der Waals surface area contributed by atoms with E-state index < -0.39 is 0 Å². The third-order valence-corrected chi connectivity index (χ3v) is 4.37. The lowest BCUT2D eigenvalue weighted by molar-refractivity contribution is 0.527. The highest BCUT2D eigenvalue weighted by Gasteiger charge is 2.14. The smallest absolute Gasteiger partial charge is 0.0595 e. The first kappa shape index (κ1) is 16.4. The van der Waals surface area contributed by atoms with Crippen LogP contribution in [0.2, 0.25) is 10.0 Å². The highest BCUT2D eigenvalue weighted by atomic mass is 35.5. The minimum atomic E-state index is 0.295. The molecule has 2 aromatic carbocycles. The second-order valence-corrected chi connectivity index (χ2v) is 6.13. The van der Waals surface area contributed by atoms with Crippen molar-refractivity contribution in [1.82, 2.24) is 5.32 Å². The summed E-state index contributed by atoms with van der Waals surface area (Å²) in [5.41, 5.74) is 3.85. The highest BCUT2D eigenvalue weighted by Crippen LogP contribution is 2.26. The van der Waals surface area contributed by atoms with Crippen LogP contribution in [0, 0.1) is 6.92 Å². The molecule has 0 aromatic heterocycles. The van der Waals surface area contributed by atoms with E-state index in [1.54, 1.807) is 0 Å². The predicted octanol–water partition coefficient (Wildman–Crippen LogP) is 5.59. The maximum absolute atomic E-state index is 6.13. The average Bonchev–Trinajstić information content (AvgIpc) is 2.48. The molecular weight excluding hydrogens is 301 g/mol. The van der Waals surface area contributed by atoms with Gasteiger partial charge in [0.25, 0.3) is 0 Å². The van der Waals surface area contributed by atoms with Crippen LogP contribution in [0.1, 0.15) is 36.1 Å². The third kappa shape index (κ3) is 4.47. The summed E-state index contributed by atoms with van der Waals surface area (Å²) < 4.78 is 0. The van der Waals surface area contributed by atoms with E-state index >= 15 is 0 Å². The van der Waals surface area contributed by atoms with Crippen LogP contribution in [-0.2, 0) is 6.42 Å². The maximum atomic E-state index is 6.13. The first-order chi connectivity index (χ1) is 10.1. The van der Waals surface area contributed by atoms with Gasteiger partial charge in [0, 0.05) is 6.04 Å². The molecule has 0 fully saturated rings. The van der Waals surface area contributed by atoms with E-state index in [0.29, 0.717) is 16.1 Å². The van der Waals surface area contributed by atoms with Crippen molar-refractivity contribution in [3.05, 3.63) is 69.2 Å². The molecule has 0 spiro atoms. The fraction of sp³-hybridized carbons (Fsp3) is 0.333. The summed E-state index contributed by atoms with van der Waals surface area (Å²) in [5, 5.41) is 4.86. The van der Waals surface area contributed by atoms with Gasteiger partial charge in [0.2, 0.25) is 0 Å². The van der Waals surface area contributed by atoms with Crippen LogP contribution in [-0.4, -0.2) is 6.54 Å². The van der Waals surface area contributed by atoms with Gasteiger partial charge in [0.1, 0.15) is 0 Å². The molecule has 0 aliphatic rings. The lowest BCUT2D eigenvalue weighted by Gasteiger charge is -2.21. The molecule has 0 aliphatic carbocycles. The predicted molar refractivity (Wildman–Crippen MR) is 92.4 cm³/mol. The molecule has 1 unspecified atom stereocenters. The molecule has 0 radical (unpaired) electrons. The minimum absolute atomic E-state index is 0.295. The van der Waals surface area contributed by atoms with Crippen LogP contribution in [0.4, 0.5) is 0 Å². The molecule has 2 aromatic rings. The molecule has 0 heterocycles. The molecule has 1 nitrogen and oxygen atoms in total. The van der Waals surface area contributed by atoms with Crippen LogP contribution in [0.3, 0.4) is 0 Å².